The molecule has 1 fully saturated rings. The molecule has 2 aromatic rings. The van der Waals surface area contributed by atoms with Gasteiger partial charge in [0, 0.05) is 18.3 Å². The Morgan fingerprint density at radius 1 is 1.27 bits per heavy atom. The maximum atomic E-state index is 12.3. The first-order chi connectivity index (χ1) is 10.4. The lowest BCUT2D eigenvalue weighted by Crippen LogP contribution is -2.17. The van der Waals surface area contributed by atoms with Crippen LogP contribution in [0.25, 0.3) is 11.1 Å². The van der Waals surface area contributed by atoms with Crippen LogP contribution < -0.4 is 4.74 Å². The highest BCUT2D eigenvalue weighted by Crippen LogP contribution is 2.32. The van der Waals surface area contributed by atoms with Crippen LogP contribution in [0.5, 0.6) is 5.75 Å². The van der Waals surface area contributed by atoms with Crippen LogP contribution >= 0.6 is 0 Å². The van der Waals surface area contributed by atoms with E-state index in [4.69, 9.17) is 5.26 Å². The molecule has 1 aromatic heterocycles. The summed E-state index contributed by atoms with van der Waals surface area (Å²) in [6, 6.07) is 5.67. The van der Waals surface area contributed by atoms with Crippen LogP contribution in [0.15, 0.2) is 30.6 Å². The summed E-state index contributed by atoms with van der Waals surface area (Å²) in [6.45, 7) is 0.809. The molecule has 0 atom stereocenters. The number of hydrogen-bond acceptors (Lipinski definition) is 3. The van der Waals surface area contributed by atoms with Crippen molar-refractivity contribution in [3.8, 4) is 22.9 Å². The molecule has 22 heavy (non-hydrogen) atoms. The number of aromatic nitrogens is 2. The summed E-state index contributed by atoms with van der Waals surface area (Å²) < 4.78 is 42.7. The monoisotopic (exact) mass is 307 g/mol. The second-order valence-corrected chi connectivity index (χ2v) is 5.30. The highest BCUT2D eigenvalue weighted by Gasteiger charge is 2.31. The lowest BCUT2D eigenvalue weighted by molar-refractivity contribution is -0.274. The SMILES string of the molecule is N#Cc1cc(OC(F)(F)F)cc(-c2cnn(CC3CC3)c2)c1. The molecule has 0 unspecified atom stereocenters. The van der Waals surface area contributed by atoms with Gasteiger partial charge in [0.1, 0.15) is 5.75 Å². The Kier molecular flexibility index (Phi) is 3.53. The lowest BCUT2D eigenvalue weighted by atomic mass is 10.1. The summed E-state index contributed by atoms with van der Waals surface area (Å²) in [5.74, 6) is 0.235. The molecule has 7 heteroatoms. The van der Waals surface area contributed by atoms with Gasteiger partial charge in [-0.05, 0) is 42.5 Å². The number of ether oxygens (including phenoxy) is 1. The van der Waals surface area contributed by atoms with E-state index in [1.807, 2.05) is 6.07 Å². The van der Waals surface area contributed by atoms with E-state index in [0.717, 1.165) is 12.6 Å². The lowest BCUT2D eigenvalue weighted by Gasteiger charge is -2.10. The summed E-state index contributed by atoms with van der Waals surface area (Å²) in [4.78, 5) is 0. The van der Waals surface area contributed by atoms with Crippen LogP contribution in [0.1, 0.15) is 18.4 Å². The molecule has 3 rings (SSSR count). The summed E-state index contributed by atoms with van der Waals surface area (Å²) in [7, 11) is 0. The molecule has 0 bridgehead atoms. The van der Waals surface area contributed by atoms with Crippen molar-refractivity contribution in [1.29, 1.82) is 5.26 Å². The fourth-order valence-electron chi connectivity index (χ4n) is 2.20. The van der Waals surface area contributed by atoms with Crippen molar-refractivity contribution in [1.82, 2.24) is 9.78 Å². The van der Waals surface area contributed by atoms with Crippen LogP contribution in [0.2, 0.25) is 0 Å². The van der Waals surface area contributed by atoms with E-state index in [-0.39, 0.29) is 5.56 Å². The van der Waals surface area contributed by atoms with Gasteiger partial charge in [0.05, 0.1) is 17.8 Å². The highest BCUT2D eigenvalue weighted by molar-refractivity contribution is 5.66. The van der Waals surface area contributed by atoms with Gasteiger partial charge in [-0.1, -0.05) is 0 Å². The Bertz CT molecular complexity index is 726. The average molecular weight is 307 g/mol. The van der Waals surface area contributed by atoms with Gasteiger partial charge in [0.25, 0.3) is 0 Å². The van der Waals surface area contributed by atoms with Gasteiger partial charge in [-0.3, -0.25) is 4.68 Å². The van der Waals surface area contributed by atoms with Crippen LogP contribution in [0, 0.1) is 17.2 Å². The van der Waals surface area contributed by atoms with Crippen molar-refractivity contribution >= 4 is 0 Å². The number of nitriles is 1. The van der Waals surface area contributed by atoms with E-state index >= 15 is 0 Å². The Hall–Kier alpha value is -2.49. The zero-order valence-corrected chi connectivity index (χ0v) is 11.5. The highest BCUT2D eigenvalue weighted by atomic mass is 19.4. The fourth-order valence-corrected chi connectivity index (χ4v) is 2.20. The van der Waals surface area contributed by atoms with Gasteiger partial charge in [-0.2, -0.15) is 10.4 Å². The molecule has 1 aliphatic carbocycles. The molecule has 0 saturated heterocycles. The molecule has 0 spiro atoms. The maximum absolute atomic E-state index is 12.3. The van der Waals surface area contributed by atoms with Gasteiger partial charge in [-0.15, -0.1) is 13.2 Å². The van der Waals surface area contributed by atoms with E-state index in [0.29, 0.717) is 17.0 Å². The molecule has 1 heterocycles. The van der Waals surface area contributed by atoms with Crippen molar-refractivity contribution in [2.75, 3.05) is 0 Å². The van der Waals surface area contributed by atoms with E-state index < -0.39 is 12.1 Å². The zero-order chi connectivity index (χ0) is 15.7. The summed E-state index contributed by atoms with van der Waals surface area (Å²) in [5.41, 5.74) is 1.23. The average Bonchev–Trinajstić information content (AvgIpc) is 3.12. The Balaban J connectivity index is 1.89. The Morgan fingerprint density at radius 3 is 2.68 bits per heavy atom. The summed E-state index contributed by atoms with van der Waals surface area (Å²) >= 11 is 0. The maximum Gasteiger partial charge on any atom is 0.573 e. The van der Waals surface area contributed by atoms with Gasteiger partial charge < -0.3 is 4.74 Å². The molecule has 0 radical (unpaired) electrons. The third-order valence-corrected chi connectivity index (χ3v) is 3.38. The standard InChI is InChI=1S/C15H12F3N3O/c16-15(17,18)22-14-4-11(6-19)3-12(5-14)13-7-20-21(9-13)8-10-1-2-10/h3-5,7,9-10H,1-2,8H2. The Morgan fingerprint density at radius 2 is 2.05 bits per heavy atom. The fraction of sp³-hybridized carbons (Fsp3) is 0.333. The molecule has 4 nitrogen and oxygen atoms in total. The number of alkyl halides is 3. The van der Waals surface area contributed by atoms with Gasteiger partial charge in [0.15, 0.2) is 0 Å². The molecule has 0 amide bonds. The van der Waals surface area contributed by atoms with Crippen LogP contribution in [-0.2, 0) is 6.54 Å². The zero-order valence-electron chi connectivity index (χ0n) is 11.5. The van der Waals surface area contributed by atoms with Crippen LogP contribution in [0.4, 0.5) is 13.2 Å². The molecule has 0 N–H and O–H groups in total. The molecular weight excluding hydrogens is 295 g/mol. The summed E-state index contributed by atoms with van der Waals surface area (Å²) in [5, 5.41) is 13.2. The van der Waals surface area contributed by atoms with Crippen LogP contribution in [-0.4, -0.2) is 16.1 Å². The minimum Gasteiger partial charge on any atom is -0.406 e. The molecular formula is C15H12F3N3O. The van der Waals surface area contributed by atoms with Crippen molar-refractivity contribution in [3.63, 3.8) is 0 Å². The molecule has 114 valence electrons. The normalized spacial score (nSPS) is 14.6. The number of rotatable bonds is 4. The molecule has 1 saturated carbocycles. The molecule has 0 aliphatic heterocycles. The van der Waals surface area contributed by atoms with E-state index in [2.05, 4.69) is 9.84 Å². The Labute approximate surface area is 124 Å². The minimum atomic E-state index is -4.79. The first-order valence-corrected chi connectivity index (χ1v) is 6.77. The van der Waals surface area contributed by atoms with Crippen molar-refractivity contribution < 1.29 is 17.9 Å². The van der Waals surface area contributed by atoms with E-state index in [9.17, 15) is 13.2 Å². The number of nitrogens with zero attached hydrogens (tertiary/aromatic N) is 3. The van der Waals surface area contributed by atoms with Gasteiger partial charge >= 0.3 is 6.36 Å². The number of benzene rings is 1. The third kappa shape index (κ3) is 3.58. The predicted molar refractivity (Wildman–Crippen MR) is 71.8 cm³/mol. The van der Waals surface area contributed by atoms with Gasteiger partial charge in [0.2, 0.25) is 0 Å². The van der Waals surface area contributed by atoms with Crippen LogP contribution in [0.3, 0.4) is 0 Å². The summed E-state index contributed by atoms with van der Waals surface area (Å²) in [6.07, 6.45) is 0.926. The quantitative estimate of drug-likeness (QED) is 0.865. The number of halogens is 3. The predicted octanol–water partition coefficient (Wildman–Crippen LogP) is 3.73. The van der Waals surface area contributed by atoms with Gasteiger partial charge in [-0.25, -0.2) is 0 Å². The third-order valence-electron chi connectivity index (χ3n) is 3.38. The molecule has 1 aliphatic rings. The van der Waals surface area contributed by atoms with Crippen molar-refractivity contribution in [2.45, 2.75) is 25.7 Å². The second-order valence-electron chi connectivity index (χ2n) is 5.30. The smallest absolute Gasteiger partial charge is 0.406 e. The largest absolute Gasteiger partial charge is 0.573 e. The topological polar surface area (TPSA) is 50.8 Å². The van der Waals surface area contributed by atoms with Crippen molar-refractivity contribution in [3.05, 3.63) is 36.2 Å². The van der Waals surface area contributed by atoms with E-state index in [1.54, 1.807) is 17.1 Å². The first kappa shape index (κ1) is 14.4. The first-order valence-electron chi connectivity index (χ1n) is 6.77. The van der Waals surface area contributed by atoms with E-state index in [1.165, 1.54) is 25.0 Å². The van der Waals surface area contributed by atoms with Crippen molar-refractivity contribution in [2.24, 2.45) is 5.92 Å². The minimum absolute atomic E-state index is 0.103. The second kappa shape index (κ2) is 5.37. The number of hydrogen-bond donors (Lipinski definition) is 0. The molecule has 1 aromatic carbocycles.